The summed E-state index contributed by atoms with van der Waals surface area (Å²) in [5, 5.41) is 3.30. The van der Waals surface area contributed by atoms with Gasteiger partial charge in [0.05, 0.1) is 18.8 Å². The Balaban J connectivity index is 1.23. The summed E-state index contributed by atoms with van der Waals surface area (Å²) in [7, 11) is 0. The number of rotatable bonds is 6. The van der Waals surface area contributed by atoms with Gasteiger partial charge in [-0.25, -0.2) is 0 Å². The van der Waals surface area contributed by atoms with E-state index in [0.717, 1.165) is 74.4 Å². The highest BCUT2D eigenvalue weighted by molar-refractivity contribution is 7.12. The number of nitrogens with one attached hydrogen (secondary N) is 1. The van der Waals surface area contributed by atoms with Crippen LogP contribution < -0.4 is 10.2 Å². The number of amides is 1. The fourth-order valence-corrected chi connectivity index (χ4v) is 7.12. The van der Waals surface area contributed by atoms with Gasteiger partial charge in [-0.1, -0.05) is 12.1 Å². The molecule has 0 unspecified atom stereocenters. The SMILES string of the molecule is CC(=O)C1CC2(CC(NC(=O)c3c(C)sc(C)c3Cc3ccc(N4CCOCC4)cc3)C2)C1. The average molecular weight is 467 g/mol. The first-order valence-corrected chi connectivity index (χ1v) is 13.0. The van der Waals surface area contributed by atoms with Crippen molar-refractivity contribution in [3.8, 4) is 0 Å². The molecule has 5 rings (SSSR count). The molecule has 1 N–H and O–H groups in total. The van der Waals surface area contributed by atoms with Gasteiger partial charge in [0.1, 0.15) is 5.78 Å². The number of anilines is 1. The van der Waals surface area contributed by atoms with E-state index in [-0.39, 0.29) is 17.9 Å². The van der Waals surface area contributed by atoms with Crippen LogP contribution in [0.2, 0.25) is 0 Å². The third kappa shape index (κ3) is 4.47. The molecular weight excluding hydrogens is 432 g/mol. The van der Waals surface area contributed by atoms with Gasteiger partial charge in [-0.05, 0) is 81.5 Å². The van der Waals surface area contributed by atoms with E-state index in [9.17, 15) is 9.59 Å². The van der Waals surface area contributed by atoms with Crippen LogP contribution in [0.3, 0.4) is 0 Å². The van der Waals surface area contributed by atoms with Gasteiger partial charge in [0.2, 0.25) is 0 Å². The van der Waals surface area contributed by atoms with Gasteiger partial charge in [0, 0.05) is 40.5 Å². The highest BCUT2D eigenvalue weighted by Gasteiger charge is 2.54. The van der Waals surface area contributed by atoms with Crippen LogP contribution in [-0.4, -0.2) is 44.0 Å². The van der Waals surface area contributed by atoms with E-state index in [1.54, 1.807) is 18.3 Å². The van der Waals surface area contributed by atoms with Crippen LogP contribution in [0.1, 0.15) is 63.8 Å². The number of hydrogen-bond acceptors (Lipinski definition) is 5. The van der Waals surface area contributed by atoms with Gasteiger partial charge < -0.3 is 15.0 Å². The number of Topliss-reactive ketones (excluding diaryl/α,β-unsaturated/α-hetero) is 1. The monoisotopic (exact) mass is 466 g/mol. The van der Waals surface area contributed by atoms with Crippen LogP contribution in [0, 0.1) is 25.2 Å². The lowest BCUT2D eigenvalue weighted by Crippen LogP contribution is -2.57. The Morgan fingerprint density at radius 3 is 2.36 bits per heavy atom. The average Bonchev–Trinajstić information content (AvgIpc) is 3.02. The molecule has 1 aliphatic heterocycles. The van der Waals surface area contributed by atoms with E-state index in [2.05, 4.69) is 48.3 Å². The first-order valence-electron chi connectivity index (χ1n) is 12.2. The molecule has 0 bridgehead atoms. The van der Waals surface area contributed by atoms with Crippen molar-refractivity contribution in [2.45, 2.75) is 58.9 Å². The molecule has 3 aliphatic rings. The molecule has 2 heterocycles. The highest BCUT2D eigenvalue weighted by Crippen LogP contribution is 2.58. The lowest BCUT2D eigenvalue weighted by atomic mass is 9.49. The maximum atomic E-state index is 13.3. The van der Waals surface area contributed by atoms with E-state index in [1.165, 1.54) is 16.1 Å². The lowest BCUT2D eigenvalue weighted by molar-refractivity contribution is -0.134. The summed E-state index contributed by atoms with van der Waals surface area (Å²) in [5.74, 6) is 0.642. The Hall–Kier alpha value is -2.18. The molecule has 2 aromatic rings. The molecule has 176 valence electrons. The normalized spacial score (nSPS) is 26.6. The van der Waals surface area contributed by atoms with Gasteiger partial charge in [-0.3, -0.25) is 9.59 Å². The van der Waals surface area contributed by atoms with Gasteiger partial charge >= 0.3 is 0 Å². The predicted octanol–water partition coefficient (Wildman–Crippen LogP) is 4.67. The van der Waals surface area contributed by atoms with Gasteiger partial charge in [0.15, 0.2) is 0 Å². The number of nitrogens with zero attached hydrogens (tertiary/aromatic N) is 1. The van der Waals surface area contributed by atoms with Gasteiger partial charge in [0.25, 0.3) is 5.91 Å². The molecule has 0 radical (unpaired) electrons. The molecule has 6 heteroatoms. The van der Waals surface area contributed by atoms with Crippen molar-refractivity contribution >= 4 is 28.7 Å². The van der Waals surface area contributed by atoms with Crippen LogP contribution in [0.4, 0.5) is 5.69 Å². The molecule has 33 heavy (non-hydrogen) atoms. The van der Waals surface area contributed by atoms with Crippen LogP contribution in [0.15, 0.2) is 24.3 Å². The third-order valence-electron chi connectivity index (χ3n) is 7.93. The number of benzene rings is 1. The summed E-state index contributed by atoms with van der Waals surface area (Å²) in [6, 6.07) is 9.00. The maximum Gasteiger partial charge on any atom is 0.252 e. The smallest absolute Gasteiger partial charge is 0.252 e. The van der Waals surface area contributed by atoms with Crippen LogP contribution >= 0.6 is 11.3 Å². The standard InChI is InChI=1S/C27H34N2O3S/c1-17(30)21-13-27(14-21)15-22(16-27)28-26(31)25-19(3)33-18(2)24(25)12-20-4-6-23(7-5-20)29-8-10-32-11-9-29/h4-7,21-22H,8-16H2,1-3H3,(H,28,31). The van der Waals surface area contributed by atoms with Crippen LogP contribution in [-0.2, 0) is 16.0 Å². The van der Waals surface area contributed by atoms with E-state index in [0.29, 0.717) is 11.2 Å². The molecule has 1 aromatic carbocycles. The molecule has 1 spiro atoms. The number of aryl methyl sites for hydroxylation is 2. The zero-order valence-corrected chi connectivity index (χ0v) is 20.7. The highest BCUT2D eigenvalue weighted by atomic mass is 32.1. The number of ether oxygens (including phenoxy) is 1. The number of ketones is 1. The molecule has 1 aromatic heterocycles. The summed E-state index contributed by atoms with van der Waals surface area (Å²) in [4.78, 5) is 29.5. The van der Waals surface area contributed by atoms with Crippen molar-refractivity contribution < 1.29 is 14.3 Å². The van der Waals surface area contributed by atoms with Crippen molar-refractivity contribution in [2.24, 2.45) is 11.3 Å². The quantitative estimate of drug-likeness (QED) is 0.672. The lowest BCUT2D eigenvalue weighted by Gasteiger charge is -2.57. The third-order valence-corrected chi connectivity index (χ3v) is 9.00. The minimum atomic E-state index is 0.0686. The molecule has 3 fully saturated rings. The second-order valence-electron chi connectivity index (χ2n) is 10.3. The Labute approximate surface area is 200 Å². The first-order chi connectivity index (χ1) is 15.8. The summed E-state index contributed by atoms with van der Waals surface area (Å²) < 4.78 is 5.46. The summed E-state index contributed by atoms with van der Waals surface area (Å²) in [5.41, 5.74) is 4.81. The zero-order chi connectivity index (χ0) is 23.2. The zero-order valence-electron chi connectivity index (χ0n) is 19.9. The van der Waals surface area contributed by atoms with E-state index >= 15 is 0 Å². The Morgan fingerprint density at radius 2 is 1.73 bits per heavy atom. The largest absolute Gasteiger partial charge is 0.378 e. The topological polar surface area (TPSA) is 58.6 Å². The number of hydrogen-bond donors (Lipinski definition) is 1. The van der Waals surface area contributed by atoms with Gasteiger partial charge in [-0.15, -0.1) is 11.3 Å². The number of morpholine rings is 1. The molecular formula is C27H34N2O3S. The molecule has 0 atom stereocenters. The molecule has 2 aliphatic carbocycles. The van der Waals surface area contributed by atoms with Crippen LogP contribution in [0.5, 0.6) is 0 Å². The van der Waals surface area contributed by atoms with Crippen molar-refractivity contribution in [3.05, 3.63) is 50.7 Å². The summed E-state index contributed by atoms with van der Waals surface area (Å²) in [6.07, 6.45) is 4.83. The van der Waals surface area contributed by atoms with E-state index in [4.69, 9.17) is 4.74 Å². The molecule has 1 saturated heterocycles. The predicted molar refractivity (Wildman–Crippen MR) is 132 cm³/mol. The number of carbonyl (C=O) groups excluding carboxylic acids is 2. The Morgan fingerprint density at radius 1 is 1.06 bits per heavy atom. The maximum absolute atomic E-state index is 13.3. The van der Waals surface area contributed by atoms with Gasteiger partial charge in [-0.2, -0.15) is 0 Å². The fraction of sp³-hybridized carbons (Fsp3) is 0.556. The molecule has 5 nitrogen and oxygen atoms in total. The van der Waals surface area contributed by atoms with Crippen molar-refractivity contribution in [3.63, 3.8) is 0 Å². The molecule has 2 saturated carbocycles. The minimum absolute atomic E-state index is 0.0686. The second-order valence-corrected chi connectivity index (χ2v) is 11.7. The number of carbonyl (C=O) groups is 2. The van der Waals surface area contributed by atoms with Crippen molar-refractivity contribution in [2.75, 3.05) is 31.2 Å². The summed E-state index contributed by atoms with van der Waals surface area (Å²) in [6.45, 7) is 9.33. The Bertz CT molecular complexity index is 1040. The second kappa shape index (κ2) is 8.88. The number of thiophene rings is 1. The van der Waals surface area contributed by atoms with E-state index in [1.807, 2.05) is 0 Å². The first kappa shape index (κ1) is 22.6. The van der Waals surface area contributed by atoms with Crippen molar-refractivity contribution in [1.82, 2.24) is 5.32 Å². The van der Waals surface area contributed by atoms with E-state index < -0.39 is 0 Å². The minimum Gasteiger partial charge on any atom is -0.378 e. The van der Waals surface area contributed by atoms with Crippen LogP contribution in [0.25, 0.3) is 0 Å². The molecule has 1 amide bonds. The Kier molecular flexibility index (Phi) is 6.08. The van der Waals surface area contributed by atoms with Crippen molar-refractivity contribution in [1.29, 1.82) is 0 Å². The summed E-state index contributed by atoms with van der Waals surface area (Å²) >= 11 is 1.72. The fourth-order valence-electron chi connectivity index (χ4n) is 6.04.